The molecule has 2 aliphatic rings. The summed E-state index contributed by atoms with van der Waals surface area (Å²) in [4.78, 5) is 13.9. The molecular formula is C14H26N2O5S. The third-order valence-corrected chi connectivity index (χ3v) is 4.92. The van der Waals surface area contributed by atoms with E-state index in [1.807, 2.05) is 27.8 Å². The molecule has 1 saturated heterocycles. The maximum absolute atomic E-state index is 12.2. The van der Waals surface area contributed by atoms with E-state index in [1.54, 1.807) is 4.90 Å². The van der Waals surface area contributed by atoms with Gasteiger partial charge >= 0.3 is 6.09 Å². The first-order valence-corrected chi connectivity index (χ1v) is 9.31. The van der Waals surface area contributed by atoms with Crippen molar-refractivity contribution in [3.63, 3.8) is 0 Å². The highest BCUT2D eigenvalue weighted by Crippen LogP contribution is 2.43. The van der Waals surface area contributed by atoms with Gasteiger partial charge in [-0.05, 0) is 46.6 Å². The summed E-state index contributed by atoms with van der Waals surface area (Å²) in [5.41, 5.74) is -0.824. The highest BCUT2D eigenvalue weighted by molar-refractivity contribution is 7.86. The van der Waals surface area contributed by atoms with Crippen LogP contribution in [-0.2, 0) is 19.0 Å². The fraction of sp³-hybridized carbons (Fsp3) is 0.929. The second kappa shape index (κ2) is 5.65. The van der Waals surface area contributed by atoms with Crippen molar-refractivity contribution in [2.45, 2.75) is 50.9 Å². The van der Waals surface area contributed by atoms with E-state index in [9.17, 15) is 13.2 Å². The van der Waals surface area contributed by atoms with Gasteiger partial charge in [0.05, 0.1) is 12.4 Å². The molecule has 1 N–H and O–H groups in total. The molecule has 1 heterocycles. The summed E-state index contributed by atoms with van der Waals surface area (Å²) in [5.74, 6) is 0.164. The maximum atomic E-state index is 12.2. The minimum absolute atomic E-state index is 0.164. The first-order valence-electron chi connectivity index (χ1n) is 7.49. The van der Waals surface area contributed by atoms with Gasteiger partial charge in [-0.2, -0.15) is 8.42 Å². The topological polar surface area (TPSA) is 84.9 Å². The number of likely N-dealkylation sites (N-methyl/N-ethyl adjacent to an activating group) is 1. The van der Waals surface area contributed by atoms with Crippen molar-refractivity contribution in [3.05, 3.63) is 0 Å². The first kappa shape index (κ1) is 17.5. The largest absolute Gasteiger partial charge is 0.444 e. The molecule has 3 atom stereocenters. The molecule has 0 aromatic carbocycles. The Morgan fingerprint density at radius 1 is 1.36 bits per heavy atom. The van der Waals surface area contributed by atoms with Crippen LogP contribution in [0.4, 0.5) is 4.79 Å². The molecule has 0 radical (unpaired) electrons. The Morgan fingerprint density at radius 2 is 2.00 bits per heavy atom. The van der Waals surface area contributed by atoms with E-state index in [-0.39, 0.29) is 23.7 Å². The Bertz CT molecular complexity index is 542. The van der Waals surface area contributed by atoms with Gasteiger partial charge in [0.2, 0.25) is 0 Å². The number of nitrogens with one attached hydrogen (secondary N) is 1. The number of fused-ring (bicyclic) bond motifs is 1. The molecule has 22 heavy (non-hydrogen) atoms. The van der Waals surface area contributed by atoms with Crippen LogP contribution in [0.25, 0.3) is 0 Å². The average Bonchev–Trinajstić information content (AvgIpc) is 2.77. The van der Waals surface area contributed by atoms with Gasteiger partial charge in [0, 0.05) is 18.6 Å². The van der Waals surface area contributed by atoms with Crippen LogP contribution in [0.5, 0.6) is 0 Å². The molecule has 1 aliphatic heterocycles. The third kappa shape index (κ3) is 3.91. The van der Waals surface area contributed by atoms with Crippen LogP contribution in [-0.4, -0.2) is 63.0 Å². The molecule has 0 aromatic heterocycles. The number of ether oxygens (including phenoxy) is 1. The van der Waals surface area contributed by atoms with Crippen LogP contribution in [0.15, 0.2) is 0 Å². The molecule has 1 aliphatic carbocycles. The molecule has 7 nitrogen and oxygen atoms in total. The normalized spacial score (nSPS) is 32.1. The van der Waals surface area contributed by atoms with Gasteiger partial charge in [-0.15, -0.1) is 0 Å². The average molecular weight is 334 g/mol. The lowest BCUT2D eigenvalue weighted by atomic mass is 9.91. The second-order valence-corrected chi connectivity index (χ2v) is 8.93. The molecular weight excluding hydrogens is 308 g/mol. The minimum Gasteiger partial charge on any atom is -0.444 e. The van der Waals surface area contributed by atoms with E-state index in [0.29, 0.717) is 25.9 Å². The Kier molecular flexibility index (Phi) is 4.49. The molecule has 128 valence electrons. The number of nitrogens with zero attached hydrogens (tertiary/aromatic N) is 1. The number of hydrogen-bond donors (Lipinski definition) is 1. The van der Waals surface area contributed by atoms with Crippen molar-refractivity contribution in [2.75, 3.05) is 26.4 Å². The number of hydrogen-bond acceptors (Lipinski definition) is 6. The molecule has 1 amide bonds. The van der Waals surface area contributed by atoms with Gasteiger partial charge < -0.3 is 15.0 Å². The van der Waals surface area contributed by atoms with Crippen molar-refractivity contribution in [2.24, 2.45) is 5.92 Å². The van der Waals surface area contributed by atoms with Crippen molar-refractivity contribution in [1.82, 2.24) is 10.2 Å². The summed E-state index contributed by atoms with van der Waals surface area (Å²) >= 11 is 0. The lowest BCUT2D eigenvalue weighted by molar-refractivity contribution is 0.0265. The standard InChI is InChI=1S/C14H26N2O5S/c1-13(2,3)20-12(17)16-8-10-6-11(21-22(5,18)19)7-14(10,9-16)15-4/h10-11,15H,6-9H2,1-5H3/t10-,11-,14-/m0/s1. The molecule has 2 rings (SSSR count). The summed E-state index contributed by atoms with van der Waals surface area (Å²) < 4.78 is 33.2. The van der Waals surface area contributed by atoms with E-state index in [4.69, 9.17) is 8.92 Å². The van der Waals surface area contributed by atoms with Gasteiger partial charge in [0.25, 0.3) is 10.1 Å². The maximum Gasteiger partial charge on any atom is 0.410 e. The fourth-order valence-electron chi connectivity index (χ4n) is 3.48. The quantitative estimate of drug-likeness (QED) is 0.774. The van der Waals surface area contributed by atoms with Gasteiger partial charge in [0.1, 0.15) is 5.60 Å². The molecule has 0 spiro atoms. The second-order valence-electron chi connectivity index (χ2n) is 7.33. The van der Waals surface area contributed by atoms with Crippen LogP contribution >= 0.6 is 0 Å². The fourth-order valence-corrected chi connectivity index (χ4v) is 4.13. The highest BCUT2D eigenvalue weighted by atomic mass is 32.2. The zero-order valence-corrected chi connectivity index (χ0v) is 14.7. The molecule has 1 saturated carbocycles. The number of carbonyl (C=O) groups excluding carboxylic acids is 1. The predicted octanol–water partition coefficient (Wildman–Crippen LogP) is 0.950. The Labute approximate surface area is 132 Å². The summed E-state index contributed by atoms with van der Waals surface area (Å²) in [6.07, 6.45) is 1.61. The van der Waals surface area contributed by atoms with Crippen LogP contribution in [0.3, 0.4) is 0 Å². The van der Waals surface area contributed by atoms with Crippen LogP contribution in [0.2, 0.25) is 0 Å². The third-order valence-electron chi connectivity index (χ3n) is 4.30. The van der Waals surface area contributed by atoms with Crippen molar-refractivity contribution >= 4 is 16.2 Å². The Balaban J connectivity index is 2.04. The van der Waals surface area contributed by atoms with Crippen molar-refractivity contribution in [1.29, 1.82) is 0 Å². The van der Waals surface area contributed by atoms with Crippen LogP contribution < -0.4 is 5.32 Å². The zero-order chi connectivity index (χ0) is 16.8. The summed E-state index contributed by atoms with van der Waals surface area (Å²) in [6.45, 7) is 6.58. The highest BCUT2D eigenvalue weighted by Gasteiger charge is 2.54. The van der Waals surface area contributed by atoms with Crippen LogP contribution in [0, 0.1) is 5.92 Å². The molecule has 0 bridgehead atoms. The smallest absolute Gasteiger partial charge is 0.410 e. The predicted molar refractivity (Wildman–Crippen MR) is 82.0 cm³/mol. The SMILES string of the molecule is CN[C@]12C[C@@H](OS(C)(=O)=O)C[C@H]1CN(C(=O)OC(C)(C)C)C2. The van der Waals surface area contributed by atoms with Gasteiger partial charge in [-0.25, -0.2) is 4.79 Å². The minimum atomic E-state index is -3.46. The zero-order valence-electron chi connectivity index (χ0n) is 13.9. The van der Waals surface area contributed by atoms with Crippen molar-refractivity contribution < 1.29 is 22.1 Å². The number of rotatable bonds is 3. The van der Waals surface area contributed by atoms with E-state index < -0.39 is 15.7 Å². The first-order chi connectivity index (χ1) is 9.94. The van der Waals surface area contributed by atoms with E-state index >= 15 is 0 Å². The van der Waals surface area contributed by atoms with E-state index in [0.717, 1.165) is 6.26 Å². The molecule has 8 heteroatoms. The molecule has 0 unspecified atom stereocenters. The Morgan fingerprint density at radius 3 is 2.45 bits per heavy atom. The van der Waals surface area contributed by atoms with Gasteiger partial charge in [-0.3, -0.25) is 4.18 Å². The monoisotopic (exact) mass is 334 g/mol. The molecule has 0 aromatic rings. The number of amides is 1. The lowest BCUT2D eigenvalue weighted by Gasteiger charge is -2.29. The summed E-state index contributed by atoms with van der Waals surface area (Å²) in [6, 6.07) is 0. The molecule has 2 fully saturated rings. The van der Waals surface area contributed by atoms with Gasteiger partial charge in [0.15, 0.2) is 0 Å². The van der Waals surface area contributed by atoms with Crippen LogP contribution in [0.1, 0.15) is 33.6 Å². The van der Waals surface area contributed by atoms with Gasteiger partial charge in [-0.1, -0.05) is 0 Å². The van der Waals surface area contributed by atoms with Crippen molar-refractivity contribution in [3.8, 4) is 0 Å². The summed E-state index contributed by atoms with van der Waals surface area (Å²) in [7, 11) is -1.62. The number of likely N-dealkylation sites (tertiary alicyclic amines) is 1. The summed E-state index contributed by atoms with van der Waals surface area (Å²) in [5, 5.41) is 3.28. The Hall–Kier alpha value is -0.860. The number of carbonyl (C=O) groups is 1. The lowest BCUT2D eigenvalue weighted by Crippen LogP contribution is -2.48. The van der Waals surface area contributed by atoms with E-state index in [2.05, 4.69) is 5.32 Å². The van der Waals surface area contributed by atoms with E-state index in [1.165, 1.54) is 0 Å².